The van der Waals surface area contributed by atoms with Crippen molar-refractivity contribution in [3.8, 4) is 0 Å². The molecule has 0 radical (unpaired) electrons. The largest absolute Gasteiger partial charge is 0.371 e. The molecule has 0 bridgehead atoms. The number of hydrogen-bond donors (Lipinski definition) is 0. The zero-order chi connectivity index (χ0) is 10.6. The van der Waals surface area contributed by atoms with Crippen molar-refractivity contribution < 1.29 is 9.13 Å². The fourth-order valence-corrected chi connectivity index (χ4v) is 1.88. The molecule has 1 saturated heterocycles. The highest BCUT2D eigenvalue weighted by Crippen LogP contribution is 2.19. The smallest absolute Gasteiger partial charge is 0.0906 e. The van der Waals surface area contributed by atoms with Crippen LogP contribution in [0.4, 0.5) is 4.39 Å². The maximum atomic E-state index is 12.0. The molecule has 2 nitrogen and oxygen atoms in total. The van der Waals surface area contributed by atoms with Crippen LogP contribution in [0.5, 0.6) is 0 Å². The Kier molecular flexibility index (Phi) is 4.32. The lowest BCUT2D eigenvalue weighted by molar-refractivity contribution is -0.0539. The van der Waals surface area contributed by atoms with Crippen molar-refractivity contribution in [1.29, 1.82) is 0 Å². The quantitative estimate of drug-likeness (QED) is 0.694. The van der Waals surface area contributed by atoms with Crippen molar-refractivity contribution in [2.75, 3.05) is 26.3 Å². The first-order valence-corrected chi connectivity index (χ1v) is 5.47. The van der Waals surface area contributed by atoms with Crippen LogP contribution in [-0.4, -0.2) is 42.9 Å². The van der Waals surface area contributed by atoms with Gasteiger partial charge in [0, 0.05) is 19.6 Å². The molecule has 1 rings (SSSR count). The molecule has 0 aromatic carbocycles. The van der Waals surface area contributed by atoms with Crippen LogP contribution >= 0.6 is 0 Å². The molecular weight excluding hydrogens is 181 g/mol. The summed E-state index contributed by atoms with van der Waals surface area (Å²) in [5.41, 5.74) is -0.0548. The second-order valence-electron chi connectivity index (χ2n) is 4.98. The molecule has 0 amide bonds. The van der Waals surface area contributed by atoms with Gasteiger partial charge in [-0.2, -0.15) is 0 Å². The van der Waals surface area contributed by atoms with E-state index in [9.17, 15) is 4.39 Å². The standard InChI is InChI=1S/C11H22FNO/c1-11(2,3)14-10-5-8-13(9-10)7-4-6-12/h10H,4-9H2,1-3H3. The summed E-state index contributed by atoms with van der Waals surface area (Å²) < 4.78 is 17.8. The molecule has 1 aliphatic heterocycles. The number of rotatable bonds is 4. The summed E-state index contributed by atoms with van der Waals surface area (Å²) in [6.45, 7) is 8.94. The van der Waals surface area contributed by atoms with Gasteiger partial charge in [-0.15, -0.1) is 0 Å². The molecule has 0 spiro atoms. The maximum absolute atomic E-state index is 12.0. The van der Waals surface area contributed by atoms with Crippen LogP contribution in [-0.2, 0) is 4.74 Å². The van der Waals surface area contributed by atoms with Crippen LogP contribution in [0.1, 0.15) is 33.6 Å². The maximum Gasteiger partial charge on any atom is 0.0906 e. The molecule has 84 valence electrons. The van der Waals surface area contributed by atoms with Crippen LogP contribution in [0.15, 0.2) is 0 Å². The minimum Gasteiger partial charge on any atom is -0.371 e. The van der Waals surface area contributed by atoms with Gasteiger partial charge in [-0.25, -0.2) is 0 Å². The van der Waals surface area contributed by atoms with E-state index >= 15 is 0 Å². The number of ether oxygens (including phenoxy) is 1. The predicted molar refractivity (Wildman–Crippen MR) is 56.3 cm³/mol. The summed E-state index contributed by atoms with van der Waals surface area (Å²) in [4.78, 5) is 2.29. The number of nitrogens with zero attached hydrogens (tertiary/aromatic N) is 1. The molecule has 0 aromatic heterocycles. The topological polar surface area (TPSA) is 12.5 Å². The summed E-state index contributed by atoms with van der Waals surface area (Å²) >= 11 is 0. The fraction of sp³-hybridized carbons (Fsp3) is 1.00. The molecule has 1 fully saturated rings. The first-order valence-electron chi connectivity index (χ1n) is 5.47. The van der Waals surface area contributed by atoms with Crippen molar-refractivity contribution in [1.82, 2.24) is 4.90 Å². The van der Waals surface area contributed by atoms with Crippen molar-refractivity contribution in [3.05, 3.63) is 0 Å². The zero-order valence-electron chi connectivity index (χ0n) is 9.55. The monoisotopic (exact) mass is 203 g/mol. The van der Waals surface area contributed by atoms with E-state index in [1.54, 1.807) is 0 Å². The number of alkyl halides is 1. The third-order valence-electron chi connectivity index (χ3n) is 2.36. The molecular formula is C11H22FNO. The molecule has 0 aromatic rings. The third kappa shape index (κ3) is 4.38. The summed E-state index contributed by atoms with van der Waals surface area (Å²) in [7, 11) is 0. The highest BCUT2D eigenvalue weighted by atomic mass is 19.1. The number of halogens is 1. The van der Waals surface area contributed by atoms with E-state index in [2.05, 4.69) is 25.7 Å². The second kappa shape index (κ2) is 5.08. The molecule has 1 heterocycles. The average molecular weight is 203 g/mol. The van der Waals surface area contributed by atoms with Gasteiger partial charge in [-0.1, -0.05) is 0 Å². The molecule has 3 heteroatoms. The Balaban J connectivity index is 2.20. The molecule has 0 N–H and O–H groups in total. The fourth-order valence-electron chi connectivity index (χ4n) is 1.88. The Hall–Kier alpha value is -0.150. The first-order chi connectivity index (χ1) is 6.51. The highest BCUT2D eigenvalue weighted by Gasteiger charge is 2.26. The van der Waals surface area contributed by atoms with Gasteiger partial charge in [0.05, 0.1) is 18.4 Å². The molecule has 0 saturated carbocycles. The van der Waals surface area contributed by atoms with Gasteiger partial charge in [-0.3, -0.25) is 4.39 Å². The average Bonchev–Trinajstić information content (AvgIpc) is 2.46. The molecule has 0 aliphatic carbocycles. The minimum atomic E-state index is -0.207. The van der Waals surface area contributed by atoms with E-state index in [4.69, 9.17) is 4.74 Å². The Morgan fingerprint density at radius 3 is 2.71 bits per heavy atom. The SMILES string of the molecule is CC(C)(C)OC1CCN(CCCF)C1. The van der Waals surface area contributed by atoms with Crippen LogP contribution < -0.4 is 0 Å². The van der Waals surface area contributed by atoms with Gasteiger partial charge in [0.15, 0.2) is 0 Å². The number of likely N-dealkylation sites (tertiary alicyclic amines) is 1. The first kappa shape index (κ1) is 11.9. The Morgan fingerprint density at radius 2 is 2.14 bits per heavy atom. The molecule has 1 aliphatic rings. The van der Waals surface area contributed by atoms with Crippen LogP contribution in [0, 0.1) is 0 Å². The van der Waals surface area contributed by atoms with Crippen molar-refractivity contribution >= 4 is 0 Å². The second-order valence-corrected chi connectivity index (χ2v) is 4.98. The van der Waals surface area contributed by atoms with Gasteiger partial charge in [-0.05, 0) is 33.6 Å². The van der Waals surface area contributed by atoms with Crippen LogP contribution in [0.3, 0.4) is 0 Å². The summed E-state index contributed by atoms with van der Waals surface area (Å²) in [6.07, 6.45) is 2.08. The lowest BCUT2D eigenvalue weighted by Gasteiger charge is -2.25. The highest BCUT2D eigenvalue weighted by molar-refractivity contribution is 4.78. The normalized spacial score (nSPS) is 24.4. The van der Waals surface area contributed by atoms with E-state index in [1.165, 1.54) is 0 Å². The van der Waals surface area contributed by atoms with Crippen molar-refractivity contribution in [2.24, 2.45) is 0 Å². The zero-order valence-corrected chi connectivity index (χ0v) is 9.55. The van der Waals surface area contributed by atoms with E-state index in [1.807, 2.05) is 0 Å². The van der Waals surface area contributed by atoms with Gasteiger partial charge in [0.1, 0.15) is 0 Å². The summed E-state index contributed by atoms with van der Waals surface area (Å²) in [5.74, 6) is 0. The Labute approximate surface area is 86.4 Å². The third-order valence-corrected chi connectivity index (χ3v) is 2.36. The lowest BCUT2D eigenvalue weighted by atomic mass is 10.2. The van der Waals surface area contributed by atoms with E-state index in [0.29, 0.717) is 12.5 Å². The van der Waals surface area contributed by atoms with E-state index in [-0.39, 0.29) is 12.3 Å². The van der Waals surface area contributed by atoms with Gasteiger partial charge in [0.2, 0.25) is 0 Å². The van der Waals surface area contributed by atoms with E-state index < -0.39 is 0 Å². The Bertz CT molecular complexity index is 167. The van der Waals surface area contributed by atoms with Gasteiger partial charge < -0.3 is 9.64 Å². The van der Waals surface area contributed by atoms with Crippen molar-refractivity contribution in [3.63, 3.8) is 0 Å². The van der Waals surface area contributed by atoms with Crippen molar-refractivity contribution in [2.45, 2.75) is 45.3 Å². The summed E-state index contributed by atoms with van der Waals surface area (Å²) in [5, 5.41) is 0. The van der Waals surface area contributed by atoms with Crippen LogP contribution in [0.25, 0.3) is 0 Å². The Morgan fingerprint density at radius 1 is 1.43 bits per heavy atom. The van der Waals surface area contributed by atoms with Crippen LogP contribution in [0.2, 0.25) is 0 Å². The van der Waals surface area contributed by atoms with E-state index in [0.717, 1.165) is 26.1 Å². The number of hydrogen-bond acceptors (Lipinski definition) is 2. The minimum absolute atomic E-state index is 0.0548. The van der Waals surface area contributed by atoms with Gasteiger partial charge in [0.25, 0.3) is 0 Å². The molecule has 1 unspecified atom stereocenters. The predicted octanol–water partition coefficient (Wildman–Crippen LogP) is 2.24. The van der Waals surface area contributed by atoms with Gasteiger partial charge >= 0.3 is 0 Å². The molecule has 14 heavy (non-hydrogen) atoms. The summed E-state index contributed by atoms with van der Waals surface area (Å²) in [6, 6.07) is 0. The molecule has 1 atom stereocenters. The lowest BCUT2D eigenvalue weighted by Crippen LogP contribution is -2.30.